The summed E-state index contributed by atoms with van der Waals surface area (Å²) in [7, 11) is 2.04. The van der Waals surface area contributed by atoms with Crippen molar-refractivity contribution in [2.45, 2.75) is 6.42 Å². The minimum absolute atomic E-state index is 0.0429. The molecule has 6 rings (SSSR count). The Morgan fingerprint density at radius 1 is 0.900 bits per heavy atom. The van der Waals surface area contributed by atoms with Gasteiger partial charge in [-0.2, -0.15) is 5.10 Å². The molecule has 0 unspecified atom stereocenters. The summed E-state index contributed by atoms with van der Waals surface area (Å²) >= 11 is 0. The van der Waals surface area contributed by atoms with Crippen molar-refractivity contribution >= 4 is 28.5 Å². The smallest absolute Gasteiger partial charge is 0.419 e. The van der Waals surface area contributed by atoms with Crippen molar-refractivity contribution in [3.8, 4) is 22.8 Å². The lowest BCUT2D eigenvalue weighted by Crippen LogP contribution is -2.48. The van der Waals surface area contributed by atoms with E-state index in [1.165, 1.54) is 0 Å². The monoisotopic (exact) mass is 539 g/mol. The van der Waals surface area contributed by atoms with Crippen LogP contribution in [0.3, 0.4) is 0 Å². The lowest BCUT2D eigenvalue weighted by Gasteiger charge is -2.32. The topological polar surface area (TPSA) is 108 Å². The highest BCUT2D eigenvalue weighted by Crippen LogP contribution is 2.33. The molecule has 1 aromatic heterocycles. The molecule has 0 aliphatic carbocycles. The third-order valence-electron chi connectivity index (χ3n) is 7.42. The Kier molecular flexibility index (Phi) is 6.91. The summed E-state index contributed by atoms with van der Waals surface area (Å²) in [5.41, 5.74) is 2.91. The van der Waals surface area contributed by atoms with Gasteiger partial charge in [-0.1, -0.05) is 24.3 Å². The molecular formula is C30H29N5O5. The van der Waals surface area contributed by atoms with E-state index in [0.29, 0.717) is 48.6 Å². The van der Waals surface area contributed by atoms with Gasteiger partial charge in [-0.3, -0.25) is 14.5 Å². The number of aromatic nitrogens is 2. The molecule has 10 nitrogen and oxygen atoms in total. The van der Waals surface area contributed by atoms with Gasteiger partial charge in [0, 0.05) is 49.7 Å². The summed E-state index contributed by atoms with van der Waals surface area (Å²) in [5.74, 6) is 0.880. The Morgan fingerprint density at radius 2 is 1.62 bits per heavy atom. The molecule has 0 radical (unpaired) electrons. The van der Waals surface area contributed by atoms with E-state index >= 15 is 0 Å². The number of nitrogens with one attached hydrogen (secondary N) is 1. The van der Waals surface area contributed by atoms with Gasteiger partial charge < -0.3 is 19.3 Å². The molecule has 2 aliphatic rings. The van der Waals surface area contributed by atoms with Crippen molar-refractivity contribution in [2.75, 3.05) is 51.3 Å². The van der Waals surface area contributed by atoms with Crippen molar-refractivity contribution in [3.63, 3.8) is 0 Å². The molecule has 204 valence electrons. The van der Waals surface area contributed by atoms with Gasteiger partial charge in [0.2, 0.25) is 0 Å². The van der Waals surface area contributed by atoms with Crippen LogP contribution in [0, 0.1) is 0 Å². The van der Waals surface area contributed by atoms with Gasteiger partial charge in [0.25, 0.3) is 11.5 Å². The van der Waals surface area contributed by atoms with E-state index in [1.54, 1.807) is 41.3 Å². The average Bonchev–Trinajstić information content (AvgIpc) is 3.41. The van der Waals surface area contributed by atoms with E-state index in [2.05, 4.69) is 15.1 Å². The molecule has 4 aromatic rings. The minimum atomic E-state index is -0.496. The Labute approximate surface area is 230 Å². The molecule has 0 spiro atoms. The van der Waals surface area contributed by atoms with Crippen molar-refractivity contribution in [2.24, 2.45) is 0 Å². The first kappa shape index (κ1) is 25.6. The number of benzene rings is 3. The normalized spacial score (nSPS) is 15.2. The molecule has 1 N–H and O–H groups in total. The summed E-state index contributed by atoms with van der Waals surface area (Å²) in [6.07, 6.45) is 0.208. The number of rotatable bonds is 5. The van der Waals surface area contributed by atoms with Crippen molar-refractivity contribution < 1.29 is 19.1 Å². The third-order valence-corrected chi connectivity index (χ3v) is 7.42. The van der Waals surface area contributed by atoms with E-state index in [1.807, 2.05) is 42.3 Å². The number of fused-ring (bicyclic) bond motifs is 2. The molecule has 2 aliphatic heterocycles. The lowest BCUT2D eigenvalue weighted by atomic mass is 10.1. The first-order chi connectivity index (χ1) is 19.5. The SMILES string of the molecule is CN1CCN(C(=O)COc2ccc3c(c2)N(C(=O)Oc2ccc(-c4n[nH]c(=O)c5ccccc45)cc2)CC3)CC1. The number of hydrogen-bond donors (Lipinski definition) is 1. The van der Waals surface area contributed by atoms with Crippen molar-refractivity contribution in [1.82, 2.24) is 20.0 Å². The summed E-state index contributed by atoms with van der Waals surface area (Å²) in [5, 5.41) is 8.07. The van der Waals surface area contributed by atoms with Crippen LogP contribution >= 0.6 is 0 Å². The van der Waals surface area contributed by atoms with Gasteiger partial charge >= 0.3 is 6.09 Å². The lowest BCUT2D eigenvalue weighted by molar-refractivity contribution is -0.134. The Morgan fingerprint density at radius 3 is 2.40 bits per heavy atom. The molecule has 3 aromatic carbocycles. The summed E-state index contributed by atoms with van der Waals surface area (Å²) in [6, 6.07) is 19.8. The maximum atomic E-state index is 13.1. The molecule has 0 atom stereocenters. The summed E-state index contributed by atoms with van der Waals surface area (Å²) in [4.78, 5) is 43.4. The molecular weight excluding hydrogens is 510 g/mol. The third kappa shape index (κ3) is 5.13. The van der Waals surface area contributed by atoms with Crippen molar-refractivity contribution in [3.05, 3.63) is 82.6 Å². The van der Waals surface area contributed by atoms with Gasteiger partial charge in [0.1, 0.15) is 11.5 Å². The van der Waals surface area contributed by atoms with Crippen LogP contribution in [-0.2, 0) is 11.2 Å². The van der Waals surface area contributed by atoms with Crippen molar-refractivity contribution in [1.29, 1.82) is 0 Å². The quantitative estimate of drug-likeness (QED) is 0.415. The fourth-order valence-corrected chi connectivity index (χ4v) is 5.10. The van der Waals surface area contributed by atoms with Crippen LogP contribution in [-0.4, -0.2) is 78.4 Å². The van der Waals surface area contributed by atoms with Crippen LogP contribution in [0.2, 0.25) is 0 Å². The predicted molar refractivity (Wildman–Crippen MR) is 151 cm³/mol. The second-order valence-electron chi connectivity index (χ2n) is 10.0. The average molecular weight is 540 g/mol. The maximum absolute atomic E-state index is 13.1. The van der Waals surface area contributed by atoms with E-state index in [0.717, 1.165) is 35.3 Å². The number of piperazine rings is 1. The Hall–Kier alpha value is -4.70. The largest absolute Gasteiger partial charge is 0.484 e. The summed E-state index contributed by atoms with van der Waals surface area (Å²) in [6.45, 7) is 3.54. The zero-order valence-electron chi connectivity index (χ0n) is 22.1. The number of hydrogen-bond acceptors (Lipinski definition) is 7. The number of carbonyl (C=O) groups is 2. The molecule has 3 heterocycles. The van der Waals surface area contributed by atoms with Crippen LogP contribution in [0.25, 0.3) is 22.0 Å². The van der Waals surface area contributed by atoms with Gasteiger partial charge in [0.15, 0.2) is 6.61 Å². The van der Waals surface area contributed by atoms with Crippen LogP contribution < -0.4 is 19.9 Å². The first-order valence-corrected chi connectivity index (χ1v) is 13.3. The summed E-state index contributed by atoms with van der Waals surface area (Å²) < 4.78 is 11.5. The number of H-pyrrole nitrogens is 1. The molecule has 1 saturated heterocycles. The first-order valence-electron chi connectivity index (χ1n) is 13.3. The predicted octanol–water partition coefficient (Wildman–Crippen LogP) is 3.30. The highest BCUT2D eigenvalue weighted by molar-refractivity contribution is 5.94. The van der Waals surface area contributed by atoms with E-state index in [4.69, 9.17) is 9.47 Å². The minimum Gasteiger partial charge on any atom is -0.484 e. The number of nitrogens with zero attached hydrogens (tertiary/aromatic N) is 4. The number of anilines is 1. The molecule has 40 heavy (non-hydrogen) atoms. The molecule has 0 bridgehead atoms. The van der Waals surface area contributed by atoms with Crippen LogP contribution in [0.4, 0.5) is 10.5 Å². The van der Waals surface area contributed by atoms with E-state index in [9.17, 15) is 14.4 Å². The fourth-order valence-electron chi connectivity index (χ4n) is 5.10. The zero-order chi connectivity index (χ0) is 27.6. The van der Waals surface area contributed by atoms with Gasteiger partial charge in [-0.25, -0.2) is 9.89 Å². The van der Waals surface area contributed by atoms with Crippen LogP contribution in [0.15, 0.2) is 71.5 Å². The highest BCUT2D eigenvalue weighted by atomic mass is 16.6. The molecule has 10 heteroatoms. The molecule has 0 saturated carbocycles. The fraction of sp³-hybridized carbons (Fsp3) is 0.267. The number of aromatic amines is 1. The molecule has 2 amide bonds. The number of likely N-dealkylation sites (N-methyl/N-ethyl adjacent to an activating group) is 1. The Balaban J connectivity index is 1.12. The second kappa shape index (κ2) is 10.8. The van der Waals surface area contributed by atoms with Gasteiger partial charge in [-0.05, 0) is 55.4 Å². The zero-order valence-corrected chi connectivity index (χ0v) is 22.1. The highest BCUT2D eigenvalue weighted by Gasteiger charge is 2.27. The number of amides is 2. The molecule has 1 fully saturated rings. The Bertz CT molecular complexity index is 1630. The van der Waals surface area contributed by atoms with Gasteiger partial charge in [-0.15, -0.1) is 0 Å². The second-order valence-corrected chi connectivity index (χ2v) is 10.0. The maximum Gasteiger partial charge on any atom is 0.419 e. The van der Waals surface area contributed by atoms with Gasteiger partial charge in [0.05, 0.1) is 16.8 Å². The van der Waals surface area contributed by atoms with E-state index in [-0.39, 0.29) is 18.1 Å². The van der Waals surface area contributed by atoms with Crippen LogP contribution in [0.5, 0.6) is 11.5 Å². The number of carbonyl (C=O) groups excluding carboxylic acids is 2. The number of ether oxygens (including phenoxy) is 2. The van der Waals surface area contributed by atoms with E-state index < -0.39 is 6.09 Å². The standard InChI is InChI=1S/C30H29N5O5/c1-33-14-16-34(17-15-33)27(36)19-39-23-11-6-20-12-13-35(26(20)18-23)30(38)40-22-9-7-21(8-10-22)28-24-4-2-3-5-25(24)29(37)32-31-28/h2-11,18H,12-17,19H2,1H3,(H,32,37). The van der Waals surface area contributed by atoms with Crippen LogP contribution in [0.1, 0.15) is 5.56 Å².